The van der Waals surface area contributed by atoms with E-state index < -0.39 is 33.4 Å². The highest BCUT2D eigenvalue weighted by atomic mass is 35.5. The van der Waals surface area contributed by atoms with Crippen LogP contribution in [-0.2, 0) is 14.8 Å². The molecule has 0 aliphatic rings. The van der Waals surface area contributed by atoms with Gasteiger partial charge in [-0.3, -0.25) is 14.9 Å². The van der Waals surface area contributed by atoms with E-state index in [0.29, 0.717) is 5.02 Å². The summed E-state index contributed by atoms with van der Waals surface area (Å²) in [7, 11) is -4.12. The summed E-state index contributed by atoms with van der Waals surface area (Å²) in [6.07, 6.45) is -0.659. The fourth-order valence-electron chi connectivity index (χ4n) is 2.17. The molecule has 0 heterocycles. The van der Waals surface area contributed by atoms with Gasteiger partial charge >= 0.3 is 5.97 Å². The molecule has 0 unspecified atom stereocenters. The lowest BCUT2D eigenvalue weighted by atomic mass is 10.0. The zero-order chi connectivity index (χ0) is 19.5. The van der Waals surface area contributed by atoms with Gasteiger partial charge in [-0.1, -0.05) is 23.2 Å². The number of sulfonamides is 1. The summed E-state index contributed by atoms with van der Waals surface area (Å²) in [5, 5.41) is 20.4. The average Bonchev–Trinajstić information content (AvgIpc) is 2.54. The lowest BCUT2D eigenvalue weighted by Crippen LogP contribution is -2.30. The molecule has 8 nitrogen and oxygen atoms in total. The van der Waals surface area contributed by atoms with Crippen molar-refractivity contribution in [3.63, 3.8) is 0 Å². The van der Waals surface area contributed by atoms with Gasteiger partial charge in [0.2, 0.25) is 10.0 Å². The summed E-state index contributed by atoms with van der Waals surface area (Å²) in [6, 6.07) is 7.30. The molecule has 0 fully saturated rings. The van der Waals surface area contributed by atoms with Gasteiger partial charge in [0.15, 0.2) is 0 Å². The number of carboxylic acids is 1. The first-order valence-corrected chi connectivity index (χ1v) is 9.27. The summed E-state index contributed by atoms with van der Waals surface area (Å²) >= 11 is 11.7. The largest absolute Gasteiger partial charge is 0.481 e. The molecule has 0 radical (unpaired) electrons. The maximum atomic E-state index is 12.5. The van der Waals surface area contributed by atoms with Crippen LogP contribution in [0.1, 0.15) is 18.0 Å². The van der Waals surface area contributed by atoms with Crippen molar-refractivity contribution in [3.8, 4) is 0 Å². The Hall–Kier alpha value is -2.20. The van der Waals surface area contributed by atoms with Crippen molar-refractivity contribution in [2.75, 3.05) is 0 Å². The number of aliphatic carboxylic acids is 1. The van der Waals surface area contributed by atoms with Gasteiger partial charge in [0.25, 0.3) is 5.69 Å². The molecule has 138 valence electrons. The van der Waals surface area contributed by atoms with Gasteiger partial charge in [0, 0.05) is 22.2 Å². The maximum absolute atomic E-state index is 12.5. The first-order chi connectivity index (χ1) is 12.1. The second-order valence-corrected chi connectivity index (χ2v) is 7.75. The molecule has 0 saturated heterocycles. The quantitative estimate of drug-likeness (QED) is 0.523. The van der Waals surface area contributed by atoms with Crippen molar-refractivity contribution in [2.24, 2.45) is 0 Å². The van der Waals surface area contributed by atoms with Gasteiger partial charge in [-0.05, 0) is 35.9 Å². The van der Waals surface area contributed by atoms with Crippen LogP contribution in [0, 0.1) is 10.1 Å². The molecule has 2 rings (SSSR count). The highest BCUT2D eigenvalue weighted by molar-refractivity contribution is 7.89. The molecule has 2 N–H and O–H groups in total. The molecular weight excluding hydrogens is 407 g/mol. The van der Waals surface area contributed by atoms with Gasteiger partial charge in [-0.2, -0.15) is 0 Å². The van der Waals surface area contributed by atoms with E-state index in [1.807, 2.05) is 0 Å². The van der Waals surface area contributed by atoms with Crippen molar-refractivity contribution in [1.82, 2.24) is 4.72 Å². The zero-order valence-corrected chi connectivity index (χ0v) is 15.3. The number of hydrogen-bond donors (Lipinski definition) is 2. The Morgan fingerprint density at radius 2 is 1.81 bits per heavy atom. The van der Waals surface area contributed by atoms with Crippen LogP contribution in [0.4, 0.5) is 5.69 Å². The number of hydrogen-bond acceptors (Lipinski definition) is 5. The molecule has 0 aliphatic heterocycles. The second-order valence-electron chi connectivity index (χ2n) is 5.19. The van der Waals surface area contributed by atoms with Gasteiger partial charge < -0.3 is 5.11 Å². The van der Waals surface area contributed by atoms with E-state index >= 15 is 0 Å². The summed E-state index contributed by atoms with van der Waals surface area (Å²) in [4.78, 5) is 21.3. The Balaban J connectivity index is 2.45. The Kier molecular flexibility index (Phi) is 6.19. The Morgan fingerprint density at radius 3 is 2.35 bits per heavy atom. The van der Waals surface area contributed by atoms with E-state index in [0.717, 1.165) is 12.1 Å². The Labute approximate surface area is 158 Å². The van der Waals surface area contributed by atoms with Crippen LogP contribution in [0.15, 0.2) is 47.4 Å². The van der Waals surface area contributed by atoms with E-state index in [2.05, 4.69) is 4.72 Å². The molecular formula is C15H12Cl2N2O6S. The molecule has 0 aromatic heterocycles. The SMILES string of the molecule is O=C(O)C[C@@H](NS(=O)(=O)c1ccc(Cl)cc1)c1cc([N+](=O)[O-])ccc1Cl. The van der Waals surface area contributed by atoms with E-state index in [-0.39, 0.29) is 21.2 Å². The van der Waals surface area contributed by atoms with Gasteiger partial charge in [-0.15, -0.1) is 0 Å². The summed E-state index contributed by atoms with van der Waals surface area (Å²) in [5.41, 5.74) is -0.355. The maximum Gasteiger partial charge on any atom is 0.305 e. The predicted octanol–water partition coefficient (Wildman–Crippen LogP) is 3.40. The number of benzene rings is 2. The minimum atomic E-state index is -4.12. The highest BCUT2D eigenvalue weighted by Crippen LogP contribution is 2.30. The van der Waals surface area contributed by atoms with Crippen molar-refractivity contribution >= 4 is 44.9 Å². The molecule has 26 heavy (non-hydrogen) atoms. The molecule has 0 saturated carbocycles. The van der Waals surface area contributed by atoms with Crippen LogP contribution in [0.5, 0.6) is 0 Å². The fraction of sp³-hybridized carbons (Fsp3) is 0.133. The third-order valence-electron chi connectivity index (χ3n) is 3.37. The van der Waals surface area contributed by atoms with Gasteiger partial charge in [0.1, 0.15) is 0 Å². The summed E-state index contributed by atoms with van der Waals surface area (Å²) < 4.78 is 27.3. The smallest absolute Gasteiger partial charge is 0.305 e. The molecule has 2 aromatic carbocycles. The van der Waals surface area contributed by atoms with Crippen LogP contribution in [-0.4, -0.2) is 24.4 Å². The summed E-state index contributed by atoms with van der Waals surface area (Å²) in [6.45, 7) is 0. The number of nitrogens with zero attached hydrogens (tertiary/aromatic N) is 1. The van der Waals surface area contributed by atoms with E-state index in [1.54, 1.807) is 0 Å². The first-order valence-electron chi connectivity index (χ1n) is 7.03. The molecule has 0 spiro atoms. The minimum Gasteiger partial charge on any atom is -0.481 e. The number of carbonyl (C=O) groups is 1. The zero-order valence-electron chi connectivity index (χ0n) is 12.9. The van der Waals surface area contributed by atoms with Gasteiger partial charge in [0.05, 0.1) is 22.3 Å². The van der Waals surface area contributed by atoms with Crippen LogP contribution >= 0.6 is 23.2 Å². The van der Waals surface area contributed by atoms with Crippen LogP contribution in [0.2, 0.25) is 10.0 Å². The Morgan fingerprint density at radius 1 is 1.19 bits per heavy atom. The number of rotatable bonds is 7. The molecule has 0 amide bonds. The van der Waals surface area contributed by atoms with Crippen molar-refractivity contribution in [3.05, 3.63) is 68.2 Å². The number of nitro benzene ring substituents is 1. The number of non-ortho nitro benzene ring substituents is 1. The molecule has 11 heteroatoms. The average molecular weight is 419 g/mol. The third kappa shape index (κ3) is 4.92. The minimum absolute atomic E-state index is 0.000608. The molecule has 1 atom stereocenters. The second kappa shape index (κ2) is 8.00. The lowest BCUT2D eigenvalue weighted by Gasteiger charge is -2.18. The fourth-order valence-corrected chi connectivity index (χ4v) is 3.76. The Bertz CT molecular complexity index is 947. The number of halogens is 2. The lowest BCUT2D eigenvalue weighted by molar-refractivity contribution is -0.384. The normalized spacial score (nSPS) is 12.5. The first kappa shape index (κ1) is 20.1. The van der Waals surface area contributed by atoms with E-state index in [4.69, 9.17) is 28.3 Å². The van der Waals surface area contributed by atoms with Crippen molar-refractivity contribution < 1.29 is 23.2 Å². The summed E-state index contributed by atoms with van der Waals surface area (Å²) in [5.74, 6) is -1.31. The van der Waals surface area contributed by atoms with Crippen LogP contribution in [0.25, 0.3) is 0 Å². The number of nitrogens with one attached hydrogen (secondary N) is 1. The monoisotopic (exact) mass is 418 g/mol. The van der Waals surface area contributed by atoms with Crippen molar-refractivity contribution in [2.45, 2.75) is 17.4 Å². The molecule has 0 aliphatic carbocycles. The van der Waals surface area contributed by atoms with E-state index in [9.17, 15) is 23.3 Å². The van der Waals surface area contributed by atoms with Gasteiger partial charge in [-0.25, -0.2) is 13.1 Å². The predicted molar refractivity (Wildman–Crippen MR) is 94.9 cm³/mol. The van der Waals surface area contributed by atoms with Crippen LogP contribution < -0.4 is 4.72 Å². The van der Waals surface area contributed by atoms with E-state index in [1.165, 1.54) is 30.3 Å². The number of carboxylic acid groups (broad SMARTS) is 1. The standard InChI is InChI=1S/C15H12Cl2N2O6S/c16-9-1-4-11(5-2-9)26(24,25)18-14(8-15(20)21)12-7-10(19(22)23)3-6-13(12)17/h1-7,14,18H,8H2,(H,20,21)/t14-/m1/s1. The number of nitro groups is 1. The topological polar surface area (TPSA) is 127 Å². The molecule has 0 bridgehead atoms. The highest BCUT2D eigenvalue weighted by Gasteiger charge is 2.26. The van der Waals surface area contributed by atoms with Crippen LogP contribution in [0.3, 0.4) is 0 Å². The molecule has 2 aromatic rings. The third-order valence-corrected chi connectivity index (χ3v) is 5.45. The van der Waals surface area contributed by atoms with Crippen molar-refractivity contribution in [1.29, 1.82) is 0 Å².